The van der Waals surface area contributed by atoms with Crippen molar-refractivity contribution >= 4 is 39.2 Å². The minimum absolute atomic E-state index is 0.0547. The van der Waals surface area contributed by atoms with E-state index in [0.717, 1.165) is 46.0 Å². The molecule has 29 heavy (non-hydrogen) atoms. The second-order valence-electron chi connectivity index (χ2n) is 6.49. The summed E-state index contributed by atoms with van der Waals surface area (Å²) in [6, 6.07) is 6.44. The third kappa shape index (κ3) is 5.74. The van der Waals surface area contributed by atoms with Crippen LogP contribution in [0.2, 0.25) is 0 Å². The fourth-order valence-corrected chi connectivity index (χ4v) is 4.96. The summed E-state index contributed by atoms with van der Waals surface area (Å²) in [5, 5.41) is 6.83. The molecule has 0 unspecified atom stereocenters. The molecule has 0 atom stereocenters. The van der Waals surface area contributed by atoms with Gasteiger partial charge in [0, 0.05) is 36.2 Å². The van der Waals surface area contributed by atoms with E-state index in [1.807, 2.05) is 5.38 Å². The second-order valence-corrected chi connectivity index (χ2v) is 8.43. The number of thioether (sulfide) groups is 1. The normalized spacial score (nSPS) is 11.3. The highest BCUT2D eigenvalue weighted by atomic mass is 32.2. The quantitative estimate of drug-likeness (QED) is 0.379. The van der Waals surface area contributed by atoms with E-state index in [9.17, 15) is 9.18 Å². The Balaban J connectivity index is 1.61. The van der Waals surface area contributed by atoms with Gasteiger partial charge in [-0.3, -0.25) is 4.79 Å². The van der Waals surface area contributed by atoms with Crippen LogP contribution < -0.4 is 5.32 Å². The number of amides is 1. The smallest absolute Gasteiger partial charge is 0.220 e. The highest BCUT2D eigenvalue weighted by Crippen LogP contribution is 2.37. The molecule has 2 heterocycles. The average Bonchev–Trinajstić information content (AvgIpc) is 3.17. The number of fused-ring (bicyclic) bond motifs is 1. The lowest BCUT2D eigenvalue weighted by Crippen LogP contribution is -2.34. The highest BCUT2D eigenvalue weighted by molar-refractivity contribution is 7.99. The molecule has 3 aromatic rings. The molecule has 0 saturated heterocycles. The lowest BCUT2D eigenvalue weighted by atomic mass is 10.1. The van der Waals surface area contributed by atoms with E-state index in [-0.39, 0.29) is 11.7 Å². The van der Waals surface area contributed by atoms with Gasteiger partial charge in [0.25, 0.3) is 0 Å². The Morgan fingerprint density at radius 2 is 1.97 bits per heavy atom. The predicted molar refractivity (Wildman–Crippen MR) is 119 cm³/mol. The zero-order valence-electron chi connectivity index (χ0n) is 16.7. The first-order valence-corrected chi connectivity index (χ1v) is 11.6. The van der Waals surface area contributed by atoms with Gasteiger partial charge < -0.3 is 10.2 Å². The predicted octanol–water partition coefficient (Wildman–Crippen LogP) is 4.44. The number of hydrogen-bond acceptors (Lipinski definition) is 6. The topological polar surface area (TPSA) is 58.1 Å². The van der Waals surface area contributed by atoms with Crippen LogP contribution in [0.15, 0.2) is 41.0 Å². The van der Waals surface area contributed by atoms with Crippen LogP contribution in [0, 0.1) is 5.82 Å². The van der Waals surface area contributed by atoms with Crippen LogP contribution in [-0.4, -0.2) is 52.7 Å². The van der Waals surface area contributed by atoms with Gasteiger partial charge >= 0.3 is 0 Å². The lowest BCUT2D eigenvalue weighted by Gasteiger charge is -2.17. The van der Waals surface area contributed by atoms with Crippen LogP contribution in [0.1, 0.15) is 20.3 Å². The Morgan fingerprint density at radius 3 is 2.69 bits per heavy atom. The number of carbonyl (C=O) groups is 1. The Hall–Kier alpha value is -2.03. The third-order valence-corrected chi connectivity index (χ3v) is 6.58. The van der Waals surface area contributed by atoms with Gasteiger partial charge in [0.05, 0.1) is 5.39 Å². The van der Waals surface area contributed by atoms with Gasteiger partial charge in [-0.05, 0) is 30.8 Å². The number of carbonyl (C=O) groups excluding carboxylic acids is 1. The van der Waals surface area contributed by atoms with Crippen molar-refractivity contribution in [3.05, 3.63) is 41.8 Å². The molecule has 0 aliphatic heterocycles. The Kier molecular flexibility index (Phi) is 7.97. The van der Waals surface area contributed by atoms with Crippen molar-refractivity contribution < 1.29 is 9.18 Å². The van der Waals surface area contributed by atoms with Crippen molar-refractivity contribution in [2.75, 3.05) is 31.9 Å². The van der Waals surface area contributed by atoms with Gasteiger partial charge in [-0.25, -0.2) is 14.4 Å². The first-order chi connectivity index (χ1) is 14.1. The van der Waals surface area contributed by atoms with Gasteiger partial charge in [0.1, 0.15) is 22.0 Å². The molecule has 1 amide bonds. The Morgan fingerprint density at radius 1 is 1.21 bits per heavy atom. The Bertz CT molecular complexity index is 942. The van der Waals surface area contributed by atoms with Crippen LogP contribution in [0.3, 0.4) is 0 Å². The molecule has 2 aromatic heterocycles. The summed E-state index contributed by atoms with van der Waals surface area (Å²) >= 11 is 3.10. The number of halogens is 1. The number of aromatic nitrogens is 2. The fraction of sp³-hybridized carbons (Fsp3) is 0.381. The maximum atomic E-state index is 13.3. The largest absolute Gasteiger partial charge is 0.355 e. The van der Waals surface area contributed by atoms with Gasteiger partial charge in [0.15, 0.2) is 0 Å². The van der Waals surface area contributed by atoms with Crippen molar-refractivity contribution in [1.29, 1.82) is 0 Å². The first kappa shape index (κ1) is 21.7. The van der Waals surface area contributed by atoms with E-state index >= 15 is 0 Å². The van der Waals surface area contributed by atoms with Crippen molar-refractivity contribution in [3.8, 4) is 11.1 Å². The summed E-state index contributed by atoms with van der Waals surface area (Å²) in [6.45, 7) is 7.76. The van der Waals surface area contributed by atoms with Crippen LogP contribution in [0.4, 0.5) is 4.39 Å². The number of likely N-dealkylation sites (N-methyl/N-ethyl adjacent to an activating group) is 1. The number of nitrogens with zero attached hydrogens (tertiary/aromatic N) is 3. The Labute approximate surface area is 178 Å². The van der Waals surface area contributed by atoms with E-state index in [1.165, 1.54) is 12.1 Å². The SMILES string of the molecule is CCN(CC)CCNC(=O)CCSc1ncnc2scc(-c3ccc(F)cc3)c12. The molecule has 154 valence electrons. The summed E-state index contributed by atoms with van der Waals surface area (Å²) in [6.07, 6.45) is 1.99. The summed E-state index contributed by atoms with van der Waals surface area (Å²) in [5.74, 6) is 0.437. The maximum Gasteiger partial charge on any atom is 0.220 e. The fourth-order valence-electron chi connectivity index (χ4n) is 3.02. The van der Waals surface area contributed by atoms with Gasteiger partial charge in [-0.1, -0.05) is 26.0 Å². The molecule has 1 N–H and O–H groups in total. The maximum absolute atomic E-state index is 13.3. The number of hydrogen-bond donors (Lipinski definition) is 1. The third-order valence-electron chi connectivity index (χ3n) is 4.70. The van der Waals surface area contributed by atoms with E-state index in [4.69, 9.17) is 0 Å². The lowest BCUT2D eigenvalue weighted by molar-refractivity contribution is -0.120. The highest BCUT2D eigenvalue weighted by Gasteiger charge is 2.14. The molecule has 0 aliphatic carbocycles. The molecular weight excluding hydrogens is 407 g/mol. The van der Waals surface area contributed by atoms with Gasteiger partial charge in [0.2, 0.25) is 5.91 Å². The van der Waals surface area contributed by atoms with E-state index in [2.05, 4.69) is 34.0 Å². The van der Waals surface area contributed by atoms with Crippen molar-refractivity contribution in [3.63, 3.8) is 0 Å². The summed E-state index contributed by atoms with van der Waals surface area (Å²) in [5.41, 5.74) is 1.93. The summed E-state index contributed by atoms with van der Waals surface area (Å²) < 4.78 is 13.3. The molecule has 0 bridgehead atoms. The zero-order valence-corrected chi connectivity index (χ0v) is 18.3. The standard InChI is InChI=1S/C21H25FN4OS2/c1-3-26(4-2)11-10-23-18(27)9-12-28-20-19-17(13-29-21(19)25-14-24-20)15-5-7-16(22)8-6-15/h5-8,13-14H,3-4,9-12H2,1-2H3,(H,23,27). The molecule has 1 aromatic carbocycles. The van der Waals surface area contributed by atoms with Crippen molar-refractivity contribution in [1.82, 2.24) is 20.2 Å². The van der Waals surface area contributed by atoms with Gasteiger partial charge in [-0.15, -0.1) is 23.1 Å². The van der Waals surface area contributed by atoms with Crippen LogP contribution in [0.5, 0.6) is 0 Å². The number of benzene rings is 1. The minimum Gasteiger partial charge on any atom is -0.355 e. The summed E-state index contributed by atoms with van der Waals surface area (Å²) in [7, 11) is 0. The van der Waals surface area contributed by atoms with Crippen LogP contribution in [0.25, 0.3) is 21.3 Å². The molecule has 0 spiro atoms. The monoisotopic (exact) mass is 432 g/mol. The molecule has 8 heteroatoms. The number of nitrogens with one attached hydrogen (secondary N) is 1. The van der Waals surface area contributed by atoms with Crippen molar-refractivity contribution in [2.45, 2.75) is 25.3 Å². The first-order valence-electron chi connectivity index (χ1n) is 9.72. The number of rotatable bonds is 10. The summed E-state index contributed by atoms with van der Waals surface area (Å²) in [4.78, 5) is 24.1. The van der Waals surface area contributed by atoms with E-state index < -0.39 is 0 Å². The van der Waals surface area contributed by atoms with Gasteiger partial charge in [-0.2, -0.15) is 0 Å². The number of thiophene rings is 1. The molecule has 3 rings (SSSR count). The second kappa shape index (κ2) is 10.7. The van der Waals surface area contributed by atoms with Crippen molar-refractivity contribution in [2.24, 2.45) is 0 Å². The molecule has 0 saturated carbocycles. The van der Waals surface area contributed by atoms with E-state index in [1.54, 1.807) is 41.6 Å². The minimum atomic E-state index is -0.258. The molecule has 0 fully saturated rings. The van der Waals surface area contributed by atoms with E-state index in [0.29, 0.717) is 18.7 Å². The molecule has 5 nitrogen and oxygen atoms in total. The van der Waals surface area contributed by atoms with Crippen LogP contribution >= 0.6 is 23.1 Å². The molecular formula is C21H25FN4OS2. The molecule has 0 radical (unpaired) electrons. The molecule has 0 aliphatic rings. The zero-order chi connectivity index (χ0) is 20.6. The average molecular weight is 433 g/mol. The van der Waals surface area contributed by atoms with Crippen LogP contribution in [-0.2, 0) is 4.79 Å².